The van der Waals surface area contributed by atoms with Gasteiger partial charge in [-0.05, 0) is 30.7 Å². The van der Waals surface area contributed by atoms with Crippen molar-refractivity contribution in [2.75, 3.05) is 5.32 Å². The molecule has 154 valence electrons. The largest absolute Gasteiger partial charge is 0.481 e. The van der Waals surface area contributed by atoms with Crippen LogP contribution in [0.1, 0.15) is 33.7 Å². The molecule has 2 aromatic carbocycles. The van der Waals surface area contributed by atoms with Gasteiger partial charge in [0.25, 0.3) is 11.8 Å². The Morgan fingerprint density at radius 2 is 1.63 bits per heavy atom. The summed E-state index contributed by atoms with van der Waals surface area (Å²) in [7, 11) is 0. The Kier molecular flexibility index (Phi) is 6.11. The first-order chi connectivity index (χ1) is 14.3. The maximum atomic E-state index is 12.6. The second-order valence-corrected chi connectivity index (χ2v) is 6.57. The van der Waals surface area contributed by atoms with Crippen LogP contribution in [0.15, 0.2) is 54.6 Å². The number of nitrogens with one attached hydrogen (secondary N) is 3. The number of rotatable bonds is 8. The fraction of sp³-hybridized carbons (Fsp3) is 0.143. The summed E-state index contributed by atoms with van der Waals surface area (Å²) in [6.45, 7) is 0. The van der Waals surface area contributed by atoms with Gasteiger partial charge in [-0.2, -0.15) is 0 Å². The van der Waals surface area contributed by atoms with Crippen molar-refractivity contribution >= 4 is 40.3 Å². The molecular formula is C21H19N3O6. The zero-order valence-corrected chi connectivity index (χ0v) is 15.7. The van der Waals surface area contributed by atoms with E-state index in [1.165, 1.54) is 12.1 Å². The Morgan fingerprint density at radius 1 is 0.933 bits per heavy atom. The first kappa shape index (κ1) is 20.6. The van der Waals surface area contributed by atoms with Crippen molar-refractivity contribution in [3.05, 3.63) is 65.9 Å². The van der Waals surface area contributed by atoms with Gasteiger partial charge >= 0.3 is 11.9 Å². The molecule has 0 aliphatic rings. The quantitative estimate of drug-likeness (QED) is 0.386. The Hall–Kier alpha value is -4.14. The van der Waals surface area contributed by atoms with Crippen LogP contribution in [-0.2, 0) is 9.59 Å². The molecule has 0 saturated carbocycles. The minimum atomic E-state index is -1.37. The maximum Gasteiger partial charge on any atom is 0.326 e. The number of aromatic amines is 1. The minimum Gasteiger partial charge on any atom is -0.481 e. The Labute approximate surface area is 170 Å². The summed E-state index contributed by atoms with van der Waals surface area (Å²) in [6, 6.07) is 13.8. The van der Waals surface area contributed by atoms with Crippen LogP contribution in [0.4, 0.5) is 5.69 Å². The van der Waals surface area contributed by atoms with Crippen molar-refractivity contribution in [2.45, 2.75) is 18.9 Å². The van der Waals surface area contributed by atoms with Crippen LogP contribution in [0.5, 0.6) is 0 Å². The van der Waals surface area contributed by atoms with Gasteiger partial charge in [0.2, 0.25) is 0 Å². The zero-order chi connectivity index (χ0) is 21.7. The number of aromatic nitrogens is 1. The topological polar surface area (TPSA) is 149 Å². The van der Waals surface area contributed by atoms with Crippen LogP contribution in [-0.4, -0.2) is 45.0 Å². The van der Waals surface area contributed by atoms with E-state index in [0.29, 0.717) is 5.69 Å². The van der Waals surface area contributed by atoms with E-state index in [1.54, 1.807) is 18.2 Å². The molecule has 3 rings (SSSR count). The van der Waals surface area contributed by atoms with Crippen molar-refractivity contribution in [1.29, 1.82) is 0 Å². The first-order valence-electron chi connectivity index (χ1n) is 9.08. The van der Waals surface area contributed by atoms with Gasteiger partial charge in [-0.1, -0.05) is 30.3 Å². The lowest BCUT2D eigenvalue weighted by atomic mass is 10.1. The third-order valence-corrected chi connectivity index (χ3v) is 4.44. The highest BCUT2D eigenvalue weighted by molar-refractivity contribution is 6.10. The highest BCUT2D eigenvalue weighted by Crippen LogP contribution is 2.19. The Morgan fingerprint density at radius 3 is 2.33 bits per heavy atom. The summed E-state index contributed by atoms with van der Waals surface area (Å²) in [5.41, 5.74) is 1.34. The number of para-hydroxylation sites is 2. The second-order valence-electron chi connectivity index (χ2n) is 6.57. The molecule has 1 unspecified atom stereocenters. The van der Waals surface area contributed by atoms with Crippen molar-refractivity contribution < 1.29 is 29.4 Å². The van der Waals surface area contributed by atoms with Crippen LogP contribution >= 0.6 is 0 Å². The molecule has 9 nitrogen and oxygen atoms in total. The van der Waals surface area contributed by atoms with Gasteiger partial charge in [0.15, 0.2) is 0 Å². The number of aliphatic carboxylic acids is 2. The molecule has 1 aromatic heterocycles. The normalized spacial score (nSPS) is 11.6. The third-order valence-electron chi connectivity index (χ3n) is 4.44. The smallest absolute Gasteiger partial charge is 0.326 e. The van der Waals surface area contributed by atoms with Crippen molar-refractivity contribution in [2.24, 2.45) is 0 Å². The lowest BCUT2D eigenvalue weighted by molar-refractivity contribution is -0.140. The Balaban J connectivity index is 1.77. The molecule has 3 aromatic rings. The monoisotopic (exact) mass is 409 g/mol. The molecule has 0 aliphatic heterocycles. The fourth-order valence-corrected chi connectivity index (χ4v) is 2.94. The number of hydrogen-bond donors (Lipinski definition) is 5. The molecule has 0 aliphatic carbocycles. The molecule has 2 amide bonds. The minimum absolute atomic E-state index is 0.0588. The standard InChI is InChI=1S/C21H19N3O6/c25-18(26)10-9-16(21(29)30)24-19(27)13-6-2-4-8-15(13)23-20(28)17-11-12-5-1-3-7-14(12)22-17/h1-8,11,16,22H,9-10H2,(H,23,28)(H,24,27)(H,25,26)(H,29,30). The van der Waals surface area contributed by atoms with Gasteiger partial charge in [0.1, 0.15) is 11.7 Å². The van der Waals surface area contributed by atoms with Crippen LogP contribution in [0.3, 0.4) is 0 Å². The predicted octanol–water partition coefficient (Wildman–Crippen LogP) is 2.47. The maximum absolute atomic E-state index is 12.6. The lowest BCUT2D eigenvalue weighted by Crippen LogP contribution is -2.41. The van der Waals surface area contributed by atoms with Gasteiger partial charge in [-0.25, -0.2) is 4.79 Å². The summed E-state index contributed by atoms with van der Waals surface area (Å²) in [4.78, 5) is 50.3. The summed E-state index contributed by atoms with van der Waals surface area (Å²) < 4.78 is 0. The molecule has 0 fully saturated rings. The number of hydrogen-bond acceptors (Lipinski definition) is 4. The predicted molar refractivity (Wildman–Crippen MR) is 108 cm³/mol. The first-order valence-corrected chi connectivity index (χ1v) is 9.08. The SMILES string of the molecule is O=C(O)CCC(NC(=O)c1ccccc1NC(=O)c1cc2ccccc2[nH]1)C(=O)O. The molecular weight excluding hydrogens is 390 g/mol. The lowest BCUT2D eigenvalue weighted by Gasteiger charge is -2.15. The van der Waals surface area contributed by atoms with Gasteiger partial charge < -0.3 is 25.8 Å². The molecule has 0 spiro atoms. The molecule has 30 heavy (non-hydrogen) atoms. The number of carbonyl (C=O) groups is 4. The number of fused-ring (bicyclic) bond motifs is 1. The fourth-order valence-electron chi connectivity index (χ4n) is 2.94. The van der Waals surface area contributed by atoms with E-state index in [0.717, 1.165) is 10.9 Å². The van der Waals surface area contributed by atoms with Crippen LogP contribution in [0.2, 0.25) is 0 Å². The molecule has 1 heterocycles. The number of carbonyl (C=O) groups excluding carboxylic acids is 2. The number of amides is 2. The van der Waals surface area contributed by atoms with E-state index in [4.69, 9.17) is 5.11 Å². The van der Waals surface area contributed by atoms with Crippen LogP contribution in [0, 0.1) is 0 Å². The van der Waals surface area contributed by atoms with E-state index >= 15 is 0 Å². The molecule has 0 saturated heterocycles. The molecule has 9 heteroatoms. The third kappa shape index (κ3) is 4.82. The van der Waals surface area contributed by atoms with Crippen molar-refractivity contribution in [3.8, 4) is 0 Å². The highest BCUT2D eigenvalue weighted by atomic mass is 16.4. The molecule has 0 bridgehead atoms. The number of H-pyrrole nitrogens is 1. The number of benzene rings is 2. The van der Waals surface area contributed by atoms with Gasteiger partial charge in [0.05, 0.1) is 11.3 Å². The van der Waals surface area contributed by atoms with E-state index < -0.39 is 36.2 Å². The van der Waals surface area contributed by atoms with Crippen LogP contribution in [0.25, 0.3) is 10.9 Å². The number of carboxylic acids is 2. The van der Waals surface area contributed by atoms with Crippen LogP contribution < -0.4 is 10.6 Å². The van der Waals surface area contributed by atoms with Gasteiger partial charge in [0, 0.05) is 17.3 Å². The highest BCUT2D eigenvalue weighted by Gasteiger charge is 2.23. The second kappa shape index (κ2) is 8.91. The summed E-state index contributed by atoms with van der Waals surface area (Å²) in [5.74, 6) is -3.71. The summed E-state index contributed by atoms with van der Waals surface area (Å²) >= 11 is 0. The Bertz CT molecular complexity index is 1090. The molecule has 0 radical (unpaired) electrons. The van der Waals surface area contributed by atoms with Crippen molar-refractivity contribution in [3.63, 3.8) is 0 Å². The van der Waals surface area contributed by atoms with E-state index in [2.05, 4.69) is 15.6 Å². The zero-order valence-electron chi connectivity index (χ0n) is 15.7. The average Bonchev–Trinajstić information content (AvgIpc) is 3.15. The van der Waals surface area contributed by atoms with Gasteiger partial charge in [-0.15, -0.1) is 0 Å². The summed E-state index contributed by atoms with van der Waals surface area (Å²) in [6.07, 6.45) is -0.671. The number of anilines is 1. The van der Waals surface area contributed by atoms with Crippen molar-refractivity contribution in [1.82, 2.24) is 10.3 Å². The van der Waals surface area contributed by atoms with Gasteiger partial charge in [-0.3, -0.25) is 14.4 Å². The summed E-state index contributed by atoms with van der Waals surface area (Å²) in [5, 5.41) is 23.8. The molecule has 1 atom stereocenters. The molecule has 5 N–H and O–H groups in total. The average molecular weight is 409 g/mol. The number of carboxylic acid groups (broad SMARTS) is 2. The van der Waals surface area contributed by atoms with E-state index in [1.807, 2.05) is 24.3 Å². The van der Waals surface area contributed by atoms with E-state index in [9.17, 15) is 24.3 Å². The van der Waals surface area contributed by atoms with E-state index in [-0.39, 0.29) is 17.7 Å².